The highest BCUT2D eigenvalue weighted by molar-refractivity contribution is 9.10. The van der Waals surface area contributed by atoms with Crippen LogP contribution in [0.25, 0.3) is 10.8 Å². The lowest BCUT2D eigenvalue weighted by atomic mass is 10.0. The molecule has 0 saturated carbocycles. The Hall–Kier alpha value is -0.920. The fraction of sp³-hybridized carbons (Fsp3) is 0.0909. The quantitative estimate of drug-likeness (QED) is 0.748. The van der Waals surface area contributed by atoms with Crippen LogP contribution in [0.3, 0.4) is 0 Å². The smallest absolute Gasteiger partial charge is 0.0998 e. The summed E-state index contributed by atoms with van der Waals surface area (Å²) in [6.45, 7) is 0. The molecule has 15 heavy (non-hydrogen) atoms. The zero-order chi connectivity index (χ0) is 10.8. The van der Waals surface area contributed by atoms with E-state index in [9.17, 15) is 0 Å². The monoisotopic (exact) mass is 324 g/mol. The van der Waals surface area contributed by atoms with E-state index < -0.39 is 0 Å². The van der Waals surface area contributed by atoms with E-state index in [0.717, 1.165) is 26.1 Å². The van der Waals surface area contributed by atoms with Gasteiger partial charge in [-0.1, -0.05) is 15.9 Å². The minimum absolute atomic E-state index is 0.663. The van der Waals surface area contributed by atoms with Gasteiger partial charge in [-0.15, -0.1) is 0 Å². The Morgan fingerprint density at radius 2 is 2.07 bits per heavy atom. The predicted octanol–water partition coefficient (Wildman–Crippen LogP) is 3.76. The molecule has 0 spiro atoms. The number of aromatic nitrogens is 1. The first-order chi connectivity index (χ1) is 7.26. The fourth-order valence-corrected chi connectivity index (χ4v) is 2.24. The maximum atomic E-state index is 9.04. The zero-order valence-electron chi connectivity index (χ0n) is 7.67. The molecule has 2 nitrogen and oxygen atoms in total. The third kappa shape index (κ3) is 1.90. The van der Waals surface area contributed by atoms with Crippen LogP contribution in [0, 0.1) is 11.3 Å². The van der Waals surface area contributed by atoms with Crippen molar-refractivity contribution >= 4 is 42.6 Å². The third-order valence-corrected chi connectivity index (χ3v) is 3.44. The molecule has 0 radical (unpaired) electrons. The number of fused-ring (bicyclic) bond motifs is 1. The van der Waals surface area contributed by atoms with Gasteiger partial charge in [0.1, 0.15) is 0 Å². The molecule has 4 heteroatoms. The molecule has 74 valence electrons. The minimum atomic E-state index is 0.663. The number of halogens is 2. The molecular weight excluding hydrogens is 320 g/mol. The van der Waals surface area contributed by atoms with Crippen LogP contribution in [-0.2, 0) is 5.33 Å². The molecule has 0 saturated heterocycles. The number of benzene rings is 1. The molecule has 1 aromatic heterocycles. The van der Waals surface area contributed by atoms with E-state index in [4.69, 9.17) is 5.26 Å². The highest BCUT2D eigenvalue weighted by Crippen LogP contribution is 2.27. The average Bonchev–Trinajstić information content (AvgIpc) is 2.28. The van der Waals surface area contributed by atoms with Gasteiger partial charge in [0.05, 0.1) is 11.6 Å². The van der Waals surface area contributed by atoms with E-state index in [0.29, 0.717) is 5.56 Å². The first-order valence-corrected chi connectivity index (χ1v) is 6.20. The average molecular weight is 326 g/mol. The van der Waals surface area contributed by atoms with Crippen molar-refractivity contribution in [2.45, 2.75) is 5.33 Å². The van der Waals surface area contributed by atoms with Crippen molar-refractivity contribution in [3.05, 3.63) is 40.1 Å². The van der Waals surface area contributed by atoms with Gasteiger partial charge >= 0.3 is 0 Å². The summed E-state index contributed by atoms with van der Waals surface area (Å²) < 4.78 is 0.916. The lowest BCUT2D eigenvalue weighted by Gasteiger charge is -2.04. The molecule has 1 heterocycles. The summed E-state index contributed by atoms with van der Waals surface area (Å²) >= 11 is 6.83. The summed E-state index contributed by atoms with van der Waals surface area (Å²) in [5.41, 5.74) is 1.75. The summed E-state index contributed by atoms with van der Waals surface area (Å²) in [7, 11) is 0. The second kappa shape index (κ2) is 4.30. The van der Waals surface area contributed by atoms with Crippen LogP contribution in [-0.4, -0.2) is 4.98 Å². The van der Waals surface area contributed by atoms with Crippen LogP contribution in [0.4, 0.5) is 0 Å². The maximum absolute atomic E-state index is 9.04. The van der Waals surface area contributed by atoms with Gasteiger partial charge in [-0.2, -0.15) is 5.26 Å². The highest BCUT2D eigenvalue weighted by atomic mass is 79.9. The van der Waals surface area contributed by atoms with E-state index in [-0.39, 0.29) is 0 Å². The molecule has 0 amide bonds. The molecule has 0 aliphatic heterocycles. The summed E-state index contributed by atoms with van der Waals surface area (Å²) in [5.74, 6) is 0. The lowest BCUT2D eigenvalue weighted by molar-refractivity contribution is 1.33. The maximum Gasteiger partial charge on any atom is 0.0998 e. The number of hydrogen-bond acceptors (Lipinski definition) is 2. The van der Waals surface area contributed by atoms with Crippen LogP contribution in [0.15, 0.2) is 29.0 Å². The van der Waals surface area contributed by atoms with Crippen molar-refractivity contribution in [2.24, 2.45) is 0 Å². The molecule has 0 bridgehead atoms. The van der Waals surface area contributed by atoms with Crippen molar-refractivity contribution in [2.75, 3.05) is 0 Å². The number of hydrogen-bond donors (Lipinski definition) is 0. The van der Waals surface area contributed by atoms with Gasteiger partial charge in [0.2, 0.25) is 0 Å². The Kier molecular flexibility index (Phi) is 3.03. The molecule has 2 rings (SSSR count). The Morgan fingerprint density at radius 1 is 1.27 bits per heavy atom. The standard InChI is InChI=1S/C11H6Br2N2/c12-3-7-1-8(4-14)10-5-15-6-11(13)9(10)2-7/h1-2,5-6H,3H2. The summed E-state index contributed by atoms with van der Waals surface area (Å²) in [4.78, 5) is 4.07. The summed E-state index contributed by atoms with van der Waals surface area (Å²) in [6, 6.07) is 6.12. The minimum Gasteiger partial charge on any atom is -0.263 e. The molecule has 0 fully saturated rings. The largest absolute Gasteiger partial charge is 0.263 e. The summed E-state index contributed by atoms with van der Waals surface area (Å²) in [5, 5.41) is 11.7. The number of nitrogens with zero attached hydrogens (tertiary/aromatic N) is 2. The highest BCUT2D eigenvalue weighted by Gasteiger charge is 2.06. The Morgan fingerprint density at radius 3 is 2.73 bits per heavy atom. The molecule has 0 atom stereocenters. The SMILES string of the molecule is N#Cc1cc(CBr)cc2c(Br)cncc12. The van der Waals surface area contributed by atoms with Crippen molar-refractivity contribution in [3.63, 3.8) is 0 Å². The van der Waals surface area contributed by atoms with E-state index >= 15 is 0 Å². The molecule has 2 aromatic rings. The second-order valence-corrected chi connectivity index (χ2v) is 4.52. The Bertz CT molecular complexity index is 558. The van der Waals surface area contributed by atoms with E-state index in [1.165, 1.54) is 0 Å². The number of nitriles is 1. The van der Waals surface area contributed by atoms with Gasteiger partial charge in [-0.05, 0) is 33.6 Å². The van der Waals surface area contributed by atoms with Crippen molar-refractivity contribution in [1.82, 2.24) is 4.98 Å². The topological polar surface area (TPSA) is 36.7 Å². The molecular formula is C11H6Br2N2. The van der Waals surface area contributed by atoms with Crippen LogP contribution < -0.4 is 0 Å². The Labute approximate surface area is 104 Å². The molecule has 1 aromatic carbocycles. The predicted molar refractivity (Wildman–Crippen MR) is 66.8 cm³/mol. The van der Waals surface area contributed by atoms with Crippen LogP contribution >= 0.6 is 31.9 Å². The first-order valence-electron chi connectivity index (χ1n) is 4.28. The zero-order valence-corrected chi connectivity index (χ0v) is 10.8. The van der Waals surface area contributed by atoms with Gasteiger partial charge in [0.15, 0.2) is 0 Å². The van der Waals surface area contributed by atoms with Crippen LogP contribution in [0.1, 0.15) is 11.1 Å². The Balaban J connectivity index is 2.88. The van der Waals surface area contributed by atoms with Gasteiger partial charge in [0, 0.05) is 33.0 Å². The van der Waals surface area contributed by atoms with Gasteiger partial charge in [-0.25, -0.2) is 0 Å². The number of alkyl halides is 1. The van der Waals surface area contributed by atoms with Crippen molar-refractivity contribution in [1.29, 1.82) is 5.26 Å². The van der Waals surface area contributed by atoms with Gasteiger partial charge in [-0.3, -0.25) is 4.98 Å². The van der Waals surface area contributed by atoms with Crippen LogP contribution in [0.5, 0.6) is 0 Å². The first kappa shape index (κ1) is 10.6. The van der Waals surface area contributed by atoms with E-state index in [2.05, 4.69) is 49.0 Å². The number of pyridine rings is 1. The molecule has 0 aliphatic rings. The number of rotatable bonds is 1. The lowest BCUT2D eigenvalue weighted by Crippen LogP contribution is -1.87. The summed E-state index contributed by atoms with van der Waals surface area (Å²) in [6.07, 6.45) is 3.46. The normalized spacial score (nSPS) is 10.2. The van der Waals surface area contributed by atoms with Crippen molar-refractivity contribution in [3.8, 4) is 6.07 Å². The molecule has 0 unspecified atom stereocenters. The van der Waals surface area contributed by atoms with E-state index in [1.54, 1.807) is 12.4 Å². The van der Waals surface area contributed by atoms with E-state index in [1.807, 2.05) is 6.07 Å². The molecule has 0 N–H and O–H groups in total. The van der Waals surface area contributed by atoms with Crippen molar-refractivity contribution < 1.29 is 0 Å². The third-order valence-electron chi connectivity index (χ3n) is 2.16. The molecule has 0 aliphatic carbocycles. The van der Waals surface area contributed by atoms with Gasteiger partial charge < -0.3 is 0 Å². The fourth-order valence-electron chi connectivity index (χ4n) is 1.47. The van der Waals surface area contributed by atoms with Gasteiger partial charge in [0.25, 0.3) is 0 Å². The second-order valence-electron chi connectivity index (χ2n) is 3.11. The van der Waals surface area contributed by atoms with Crippen LogP contribution in [0.2, 0.25) is 0 Å².